The number of nitrogens with one attached hydrogen (secondary N) is 1. The smallest absolute Gasteiger partial charge is 0.250 e. The molecule has 0 aliphatic carbocycles. The van der Waals surface area contributed by atoms with Crippen molar-refractivity contribution in [2.45, 2.75) is 31.5 Å². The van der Waals surface area contributed by atoms with Gasteiger partial charge in [-0.05, 0) is 32.9 Å². The fourth-order valence-electron chi connectivity index (χ4n) is 2.36. The minimum Gasteiger partial charge on any atom is -0.494 e. The minimum absolute atomic E-state index is 0.182. The van der Waals surface area contributed by atoms with Crippen LogP contribution in [0.3, 0.4) is 0 Å². The standard InChI is InChI=1S/C18H20N2O3S3/c1-4-23-16-8-6-5-7-14(16)10-19-26(21,22)17-9-15(11-24-17)18-20-12(2)13(3)25-18/h5-9,11,19H,4,10H2,1-3H3. The average Bonchev–Trinajstić information content (AvgIpc) is 3.22. The summed E-state index contributed by atoms with van der Waals surface area (Å²) in [7, 11) is -3.59. The second kappa shape index (κ2) is 7.87. The van der Waals surface area contributed by atoms with Crippen LogP contribution in [0, 0.1) is 13.8 Å². The summed E-state index contributed by atoms with van der Waals surface area (Å²) in [6, 6.07) is 9.10. The Balaban J connectivity index is 1.77. The zero-order chi connectivity index (χ0) is 18.7. The molecule has 0 unspecified atom stereocenters. The Morgan fingerprint density at radius 2 is 2.00 bits per heavy atom. The highest BCUT2D eigenvalue weighted by molar-refractivity contribution is 7.91. The van der Waals surface area contributed by atoms with Gasteiger partial charge < -0.3 is 4.74 Å². The number of nitrogens with zero attached hydrogens (tertiary/aromatic N) is 1. The molecule has 138 valence electrons. The van der Waals surface area contributed by atoms with Crippen molar-refractivity contribution in [2.24, 2.45) is 0 Å². The van der Waals surface area contributed by atoms with Gasteiger partial charge in [0, 0.05) is 27.9 Å². The minimum atomic E-state index is -3.59. The summed E-state index contributed by atoms with van der Waals surface area (Å²) in [4.78, 5) is 5.63. The Labute approximate surface area is 161 Å². The Kier molecular flexibility index (Phi) is 5.76. The van der Waals surface area contributed by atoms with Gasteiger partial charge >= 0.3 is 0 Å². The summed E-state index contributed by atoms with van der Waals surface area (Å²) < 4.78 is 33.8. The van der Waals surface area contributed by atoms with Crippen LogP contribution in [0.25, 0.3) is 10.6 Å². The summed E-state index contributed by atoms with van der Waals surface area (Å²) in [5.74, 6) is 0.693. The van der Waals surface area contributed by atoms with E-state index >= 15 is 0 Å². The van der Waals surface area contributed by atoms with Gasteiger partial charge in [0.25, 0.3) is 0 Å². The van der Waals surface area contributed by atoms with E-state index in [1.165, 1.54) is 11.3 Å². The highest BCUT2D eigenvalue weighted by Crippen LogP contribution is 2.32. The van der Waals surface area contributed by atoms with Crippen LogP contribution in [0.15, 0.2) is 39.9 Å². The first-order valence-electron chi connectivity index (χ1n) is 8.14. The predicted octanol–water partition coefficient (Wildman–Crippen LogP) is 4.37. The molecule has 0 fully saturated rings. The van der Waals surface area contributed by atoms with Crippen molar-refractivity contribution >= 4 is 32.7 Å². The Bertz CT molecular complexity index is 987. The number of hydrogen-bond donors (Lipinski definition) is 1. The molecule has 0 saturated carbocycles. The summed E-state index contributed by atoms with van der Waals surface area (Å²) in [6.07, 6.45) is 0. The molecule has 0 atom stereocenters. The van der Waals surface area contributed by atoms with Crippen LogP contribution >= 0.6 is 22.7 Å². The lowest BCUT2D eigenvalue weighted by Gasteiger charge is -2.10. The summed E-state index contributed by atoms with van der Waals surface area (Å²) in [5.41, 5.74) is 2.62. The van der Waals surface area contributed by atoms with Gasteiger partial charge in [0.15, 0.2) is 0 Å². The van der Waals surface area contributed by atoms with Gasteiger partial charge in [-0.2, -0.15) is 0 Å². The van der Waals surface area contributed by atoms with Crippen molar-refractivity contribution in [3.63, 3.8) is 0 Å². The van der Waals surface area contributed by atoms with Gasteiger partial charge in [-0.3, -0.25) is 0 Å². The third-order valence-corrected chi connectivity index (χ3v) is 7.80. The molecular weight excluding hydrogens is 388 g/mol. The molecule has 2 aromatic heterocycles. The molecule has 0 bridgehead atoms. The van der Waals surface area contributed by atoms with E-state index in [-0.39, 0.29) is 10.8 Å². The second-order valence-electron chi connectivity index (χ2n) is 5.68. The fraction of sp³-hybridized carbons (Fsp3) is 0.278. The number of ether oxygens (including phenoxy) is 1. The lowest BCUT2D eigenvalue weighted by molar-refractivity contribution is 0.336. The van der Waals surface area contributed by atoms with E-state index in [4.69, 9.17) is 4.74 Å². The van der Waals surface area contributed by atoms with Crippen LogP contribution in [0.5, 0.6) is 5.75 Å². The topological polar surface area (TPSA) is 68.3 Å². The highest BCUT2D eigenvalue weighted by Gasteiger charge is 2.19. The maximum atomic E-state index is 12.6. The quantitative estimate of drug-likeness (QED) is 0.630. The average molecular weight is 409 g/mol. The molecule has 2 heterocycles. The number of aryl methyl sites for hydroxylation is 2. The Morgan fingerprint density at radius 3 is 2.69 bits per heavy atom. The first-order valence-corrected chi connectivity index (χ1v) is 11.3. The second-order valence-corrected chi connectivity index (χ2v) is 9.79. The van der Waals surface area contributed by atoms with Crippen LogP contribution in [0.4, 0.5) is 0 Å². The number of thiazole rings is 1. The molecule has 3 aromatic rings. The summed E-state index contributed by atoms with van der Waals surface area (Å²) >= 11 is 2.77. The number of para-hydroxylation sites is 1. The molecule has 1 N–H and O–H groups in total. The van der Waals surface area contributed by atoms with Gasteiger partial charge in [-0.25, -0.2) is 18.1 Å². The third-order valence-electron chi connectivity index (χ3n) is 3.84. The number of sulfonamides is 1. The molecule has 0 saturated heterocycles. The van der Waals surface area contributed by atoms with Crippen LogP contribution < -0.4 is 9.46 Å². The molecule has 8 heteroatoms. The van der Waals surface area contributed by atoms with Gasteiger partial charge in [-0.15, -0.1) is 22.7 Å². The van der Waals surface area contributed by atoms with Gasteiger partial charge in [0.1, 0.15) is 15.0 Å². The van der Waals surface area contributed by atoms with Gasteiger partial charge in [0.05, 0.1) is 12.3 Å². The van der Waals surface area contributed by atoms with E-state index < -0.39 is 10.0 Å². The van der Waals surface area contributed by atoms with Crippen molar-refractivity contribution in [1.82, 2.24) is 9.71 Å². The van der Waals surface area contributed by atoms with Crippen molar-refractivity contribution in [2.75, 3.05) is 6.61 Å². The zero-order valence-electron chi connectivity index (χ0n) is 14.8. The molecule has 0 aliphatic rings. The van der Waals surface area contributed by atoms with Crippen molar-refractivity contribution in [1.29, 1.82) is 0 Å². The predicted molar refractivity (Wildman–Crippen MR) is 107 cm³/mol. The maximum absolute atomic E-state index is 12.6. The van der Waals surface area contributed by atoms with Crippen LogP contribution in [0.2, 0.25) is 0 Å². The number of aromatic nitrogens is 1. The van der Waals surface area contributed by atoms with Crippen molar-refractivity contribution in [3.05, 3.63) is 51.8 Å². The van der Waals surface area contributed by atoms with E-state index in [9.17, 15) is 8.42 Å². The number of thiophene rings is 1. The SMILES string of the molecule is CCOc1ccccc1CNS(=O)(=O)c1cc(-c2nc(C)c(C)s2)cs1. The number of rotatable bonds is 7. The van der Waals surface area contributed by atoms with Crippen molar-refractivity contribution < 1.29 is 13.2 Å². The molecule has 5 nitrogen and oxygen atoms in total. The van der Waals surface area contributed by atoms with Crippen LogP contribution in [-0.4, -0.2) is 20.0 Å². The van der Waals surface area contributed by atoms with Crippen molar-refractivity contribution in [3.8, 4) is 16.3 Å². The monoisotopic (exact) mass is 408 g/mol. The fourth-order valence-corrected chi connectivity index (χ4v) is 5.55. The molecule has 0 aliphatic heterocycles. The first kappa shape index (κ1) is 19.0. The van der Waals surface area contributed by atoms with Crippen LogP contribution in [0.1, 0.15) is 23.1 Å². The molecule has 3 rings (SSSR count). The number of hydrogen-bond acceptors (Lipinski definition) is 6. The lowest BCUT2D eigenvalue weighted by atomic mass is 10.2. The molecule has 0 amide bonds. The molecule has 0 spiro atoms. The van der Waals surface area contributed by atoms with Crippen LogP contribution in [-0.2, 0) is 16.6 Å². The molecule has 0 radical (unpaired) electrons. The lowest BCUT2D eigenvalue weighted by Crippen LogP contribution is -2.22. The molecular formula is C18H20N2O3S3. The van der Waals surface area contributed by atoms with E-state index in [0.717, 1.165) is 26.7 Å². The Hall–Kier alpha value is -1.74. The molecule has 1 aromatic carbocycles. The molecule has 26 heavy (non-hydrogen) atoms. The third kappa shape index (κ3) is 4.15. The highest BCUT2D eigenvalue weighted by atomic mass is 32.2. The largest absolute Gasteiger partial charge is 0.494 e. The van der Waals surface area contributed by atoms with E-state index in [2.05, 4.69) is 9.71 Å². The van der Waals surface area contributed by atoms with Gasteiger partial charge in [-0.1, -0.05) is 18.2 Å². The normalized spacial score (nSPS) is 11.7. The zero-order valence-corrected chi connectivity index (χ0v) is 17.2. The van der Waals surface area contributed by atoms with E-state index in [1.807, 2.05) is 50.4 Å². The maximum Gasteiger partial charge on any atom is 0.250 e. The first-order chi connectivity index (χ1) is 12.4. The van der Waals surface area contributed by atoms with E-state index in [0.29, 0.717) is 12.4 Å². The number of benzene rings is 1. The van der Waals surface area contributed by atoms with Gasteiger partial charge in [0.2, 0.25) is 10.0 Å². The summed E-state index contributed by atoms with van der Waals surface area (Å²) in [5, 5.41) is 2.68. The Morgan fingerprint density at radius 1 is 1.23 bits per heavy atom. The summed E-state index contributed by atoms with van der Waals surface area (Å²) in [6.45, 7) is 6.58. The van der Waals surface area contributed by atoms with E-state index in [1.54, 1.807) is 17.4 Å².